The number of non-ortho nitro benzene ring substituents is 1. The van der Waals surface area contributed by atoms with Crippen LogP contribution in [0.15, 0.2) is 18.2 Å². The van der Waals surface area contributed by atoms with E-state index in [2.05, 4.69) is 10.6 Å². The lowest BCUT2D eigenvalue weighted by Gasteiger charge is -2.15. The fourth-order valence-corrected chi connectivity index (χ4v) is 2.12. The van der Waals surface area contributed by atoms with Crippen molar-refractivity contribution >= 4 is 34.8 Å². The van der Waals surface area contributed by atoms with E-state index in [0.29, 0.717) is 10.6 Å². The molecule has 8 nitrogen and oxygen atoms in total. The molecule has 1 unspecified atom stereocenters. The number of hydrogen-bond donors (Lipinski definition) is 3. The number of likely N-dealkylation sites (N-methyl/N-ethyl adjacent to an activating group) is 1. The number of nitro benzene ring substituents is 1. The first-order valence-corrected chi connectivity index (χ1v) is 7.41. The molecule has 1 aromatic carbocycles. The summed E-state index contributed by atoms with van der Waals surface area (Å²) >= 11 is 5.91. The first-order valence-electron chi connectivity index (χ1n) is 7.03. The van der Waals surface area contributed by atoms with E-state index in [0.717, 1.165) is 0 Å². The second-order valence-electron chi connectivity index (χ2n) is 5.50. The van der Waals surface area contributed by atoms with Gasteiger partial charge in [-0.1, -0.05) is 11.6 Å². The topological polar surface area (TPSA) is 106 Å². The van der Waals surface area contributed by atoms with Crippen molar-refractivity contribution in [1.29, 1.82) is 0 Å². The molecule has 9 heteroatoms. The molecule has 1 aromatic rings. The summed E-state index contributed by atoms with van der Waals surface area (Å²) in [6, 6.07) is 3.85. The van der Waals surface area contributed by atoms with E-state index in [9.17, 15) is 19.7 Å². The lowest BCUT2D eigenvalue weighted by molar-refractivity contribution is -0.862. The Labute approximate surface area is 138 Å². The fraction of sp³-hybridized carbons (Fsp3) is 0.429. The maximum Gasteiger partial charge on any atom is 0.279 e. The number of carbonyl (C=O) groups excluding carboxylic acids is 2. The predicted molar refractivity (Wildman–Crippen MR) is 86.6 cm³/mol. The van der Waals surface area contributed by atoms with Crippen LogP contribution in [-0.4, -0.2) is 42.9 Å². The largest absolute Gasteiger partial charge is 0.349 e. The lowest BCUT2D eigenvalue weighted by Crippen LogP contribution is -3.11. The Hall–Kier alpha value is -2.19. The highest BCUT2D eigenvalue weighted by molar-refractivity contribution is 6.33. The molecule has 0 saturated heterocycles. The molecule has 0 aliphatic heterocycles. The molecule has 0 bridgehead atoms. The third-order valence-corrected chi connectivity index (χ3v) is 3.12. The summed E-state index contributed by atoms with van der Waals surface area (Å²) in [5.74, 6) is -0.478. The van der Waals surface area contributed by atoms with E-state index < -0.39 is 4.92 Å². The van der Waals surface area contributed by atoms with Gasteiger partial charge in [0, 0.05) is 18.2 Å². The van der Waals surface area contributed by atoms with Crippen LogP contribution in [0.4, 0.5) is 11.4 Å². The molecular weight excluding hydrogens is 324 g/mol. The van der Waals surface area contributed by atoms with Gasteiger partial charge in [-0.15, -0.1) is 0 Å². The second kappa shape index (κ2) is 8.44. The monoisotopic (exact) mass is 343 g/mol. The summed E-state index contributed by atoms with van der Waals surface area (Å²) in [7, 11) is 1.72. The first kappa shape index (κ1) is 18.9. The minimum absolute atomic E-state index is 0.0445. The van der Waals surface area contributed by atoms with Crippen molar-refractivity contribution < 1.29 is 19.4 Å². The van der Waals surface area contributed by atoms with Gasteiger partial charge in [-0.2, -0.15) is 0 Å². The van der Waals surface area contributed by atoms with Gasteiger partial charge < -0.3 is 15.5 Å². The normalized spacial score (nSPS) is 11.9. The molecule has 0 saturated carbocycles. The number of nitro groups is 1. The van der Waals surface area contributed by atoms with E-state index in [-0.39, 0.29) is 41.7 Å². The summed E-state index contributed by atoms with van der Waals surface area (Å²) in [4.78, 5) is 34.3. The molecular formula is C14H20ClN4O4+. The molecule has 1 rings (SSSR count). The average molecular weight is 344 g/mol. The van der Waals surface area contributed by atoms with Crippen LogP contribution in [0.5, 0.6) is 0 Å². The third kappa shape index (κ3) is 6.62. The highest BCUT2D eigenvalue weighted by Gasteiger charge is 2.16. The zero-order valence-electron chi connectivity index (χ0n) is 13.2. The van der Waals surface area contributed by atoms with Gasteiger partial charge in [0.1, 0.15) is 0 Å². The molecule has 0 heterocycles. The van der Waals surface area contributed by atoms with Crippen molar-refractivity contribution in [3.05, 3.63) is 33.3 Å². The number of halogens is 1. The van der Waals surface area contributed by atoms with Crippen molar-refractivity contribution in [2.45, 2.75) is 19.9 Å². The molecule has 0 aliphatic carbocycles. The molecule has 0 aromatic heterocycles. The van der Waals surface area contributed by atoms with Crippen LogP contribution < -0.4 is 15.5 Å². The summed E-state index contributed by atoms with van der Waals surface area (Å²) in [6.07, 6.45) is 0. The van der Waals surface area contributed by atoms with Crippen molar-refractivity contribution in [2.75, 3.05) is 25.5 Å². The molecule has 126 valence electrons. The number of nitrogens with one attached hydrogen (secondary N) is 3. The number of hydrogen-bond acceptors (Lipinski definition) is 4. The van der Waals surface area contributed by atoms with Gasteiger partial charge >= 0.3 is 0 Å². The minimum atomic E-state index is -0.567. The Balaban J connectivity index is 2.56. The molecule has 2 amide bonds. The fourth-order valence-electron chi connectivity index (χ4n) is 1.90. The second-order valence-corrected chi connectivity index (χ2v) is 5.91. The summed E-state index contributed by atoms with van der Waals surface area (Å²) in [5, 5.41) is 16.0. The van der Waals surface area contributed by atoms with Crippen LogP contribution in [0.1, 0.15) is 13.8 Å². The zero-order chi connectivity index (χ0) is 17.6. The van der Waals surface area contributed by atoms with Gasteiger partial charge in [0.15, 0.2) is 13.1 Å². The Morgan fingerprint density at radius 3 is 2.43 bits per heavy atom. The Morgan fingerprint density at radius 1 is 1.30 bits per heavy atom. The number of nitrogens with zero attached hydrogens (tertiary/aromatic N) is 1. The van der Waals surface area contributed by atoms with Crippen LogP contribution >= 0.6 is 11.6 Å². The molecule has 1 atom stereocenters. The van der Waals surface area contributed by atoms with Crippen molar-refractivity contribution in [3.63, 3.8) is 0 Å². The number of amides is 2. The summed E-state index contributed by atoms with van der Waals surface area (Å²) < 4.78 is 0. The summed E-state index contributed by atoms with van der Waals surface area (Å²) in [5.41, 5.74) is 0.141. The van der Waals surface area contributed by atoms with Gasteiger partial charge in [-0.05, 0) is 19.9 Å². The lowest BCUT2D eigenvalue weighted by atomic mass is 10.3. The van der Waals surface area contributed by atoms with Gasteiger partial charge in [0.25, 0.3) is 17.5 Å². The SMILES string of the molecule is CC(C)NC(=O)C[NH+](C)CC(=O)Nc1ccc([N+](=O)[O-])cc1Cl. The van der Waals surface area contributed by atoms with Gasteiger partial charge in [-0.3, -0.25) is 19.7 Å². The van der Waals surface area contributed by atoms with Crippen LogP contribution in [0.3, 0.4) is 0 Å². The number of quaternary nitrogens is 1. The Kier molecular flexibility index (Phi) is 6.92. The maximum absolute atomic E-state index is 11.9. The molecule has 23 heavy (non-hydrogen) atoms. The average Bonchev–Trinajstić information content (AvgIpc) is 2.39. The van der Waals surface area contributed by atoms with Crippen molar-refractivity contribution in [2.24, 2.45) is 0 Å². The molecule has 3 N–H and O–H groups in total. The number of carbonyl (C=O) groups is 2. The third-order valence-electron chi connectivity index (χ3n) is 2.81. The molecule has 0 aliphatic rings. The van der Waals surface area contributed by atoms with Gasteiger partial charge in [0.05, 0.1) is 22.7 Å². The number of benzene rings is 1. The van der Waals surface area contributed by atoms with Gasteiger partial charge in [-0.25, -0.2) is 0 Å². The van der Waals surface area contributed by atoms with E-state index in [4.69, 9.17) is 11.6 Å². The van der Waals surface area contributed by atoms with Crippen LogP contribution in [0.2, 0.25) is 5.02 Å². The Bertz CT molecular complexity index is 606. The summed E-state index contributed by atoms with van der Waals surface area (Å²) in [6.45, 7) is 3.95. The van der Waals surface area contributed by atoms with Gasteiger partial charge in [0.2, 0.25) is 0 Å². The smallest absolute Gasteiger partial charge is 0.279 e. The predicted octanol–water partition coefficient (Wildman–Crippen LogP) is 0.226. The van der Waals surface area contributed by atoms with E-state index in [1.54, 1.807) is 7.05 Å². The van der Waals surface area contributed by atoms with Crippen LogP contribution in [0, 0.1) is 10.1 Å². The number of rotatable bonds is 7. The quantitative estimate of drug-likeness (QED) is 0.486. The molecule has 0 radical (unpaired) electrons. The van der Waals surface area contributed by atoms with Crippen LogP contribution in [0.25, 0.3) is 0 Å². The van der Waals surface area contributed by atoms with E-state index >= 15 is 0 Å². The van der Waals surface area contributed by atoms with Crippen LogP contribution in [-0.2, 0) is 9.59 Å². The molecule has 0 spiro atoms. The Morgan fingerprint density at radius 2 is 1.91 bits per heavy atom. The van der Waals surface area contributed by atoms with E-state index in [1.165, 1.54) is 18.2 Å². The van der Waals surface area contributed by atoms with Crippen molar-refractivity contribution in [3.8, 4) is 0 Å². The van der Waals surface area contributed by atoms with E-state index in [1.807, 2.05) is 13.8 Å². The zero-order valence-corrected chi connectivity index (χ0v) is 13.9. The molecule has 0 fully saturated rings. The minimum Gasteiger partial charge on any atom is -0.349 e. The number of anilines is 1. The highest BCUT2D eigenvalue weighted by atomic mass is 35.5. The maximum atomic E-state index is 11.9. The highest BCUT2D eigenvalue weighted by Crippen LogP contribution is 2.26. The van der Waals surface area contributed by atoms with Crippen molar-refractivity contribution in [1.82, 2.24) is 5.32 Å². The first-order chi connectivity index (χ1) is 10.7. The standard InChI is InChI=1S/C14H19ClN4O4/c1-9(2)16-13(20)7-18(3)8-14(21)17-12-5-4-10(19(22)23)6-11(12)15/h4-6,9H,7-8H2,1-3H3,(H,16,20)(H,17,21)/p+1.